The number of hydrogen-bond donors (Lipinski definition) is 2. The molecule has 0 spiro atoms. The zero-order valence-electron chi connectivity index (χ0n) is 9.81. The fraction of sp³-hybridized carbons (Fsp3) is 0.333. The highest BCUT2D eigenvalue weighted by molar-refractivity contribution is 6.31. The summed E-state index contributed by atoms with van der Waals surface area (Å²) in [5.74, 6) is -0.927. The fourth-order valence-electron chi connectivity index (χ4n) is 1.90. The van der Waals surface area contributed by atoms with Gasteiger partial charge in [-0.05, 0) is 24.6 Å². The van der Waals surface area contributed by atoms with Crippen LogP contribution in [0, 0.1) is 6.92 Å². The van der Waals surface area contributed by atoms with Crippen molar-refractivity contribution in [2.45, 2.75) is 19.4 Å². The Morgan fingerprint density at radius 1 is 1.61 bits per heavy atom. The quantitative estimate of drug-likeness (QED) is 0.881. The van der Waals surface area contributed by atoms with Crippen LogP contribution in [0.5, 0.6) is 0 Å². The van der Waals surface area contributed by atoms with Gasteiger partial charge in [-0.3, -0.25) is 9.69 Å². The van der Waals surface area contributed by atoms with Gasteiger partial charge in [0.25, 0.3) is 0 Å². The summed E-state index contributed by atoms with van der Waals surface area (Å²) in [6.07, 6.45) is -0.0815. The summed E-state index contributed by atoms with van der Waals surface area (Å²) in [7, 11) is 0. The second kappa shape index (κ2) is 4.86. The summed E-state index contributed by atoms with van der Waals surface area (Å²) in [6.45, 7) is 2.22. The highest BCUT2D eigenvalue weighted by Gasteiger charge is 2.31. The molecule has 0 bridgehead atoms. The van der Waals surface area contributed by atoms with Crippen molar-refractivity contribution in [1.29, 1.82) is 0 Å². The number of benzene rings is 1. The summed E-state index contributed by atoms with van der Waals surface area (Å²) in [5, 5.41) is 11.9. The number of nitrogens with zero attached hydrogens (tertiary/aromatic N) is 1. The molecule has 2 N–H and O–H groups in total. The first-order valence-corrected chi connectivity index (χ1v) is 5.91. The number of amides is 2. The molecule has 0 saturated carbocycles. The Hall–Kier alpha value is -1.75. The zero-order chi connectivity index (χ0) is 13.3. The third kappa shape index (κ3) is 2.56. The molecule has 6 heteroatoms. The lowest BCUT2D eigenvalue weighted by Crippen LogP contribution is -2.29. The topological polar surface area (TPSA) is 69.6 Å². The predicted octanol–water partition coefficient (Wildman–Crippen LogP) is 2.02. The van der Waals surface area contributed by atoms with Gasteiger partial charge < -0.3 is 10.4 Å². The van der Waals surface area contributed by atoms with E-state index in [9.17, 15) is 9.59 Å². The maximum atomic E-state index is 11.7. The van der Waals surface area contributed by atoms with E-state index in [2.05, 4.69) is 5.32 Å². The van der Waals surface area contributed by atoms with Crippen molar-refractivity contribution in [3.05, 3.63) is 28.8 Å². The Kier molecular flexibility index (Phi) is 3.43. The lowest BCUT2D eigenvalue weighted by Gasteiger charge is -2.15. The number of carboxylic acid groups (broad SMARTS) is 1. The van der Waals surface area contributed by atoms with E-state index in [4.69, 9.17) is 16.7 Å². The second-order valence-electron chi connectivity index (χ2n) is 4.29. The monoisotopic (exact) mass is 268 g/mol. The summed E-state index contributed by atoms with van der Waals surface area (Å²) < 4.78 is 0. The molecular formula is C12H13ClN2O3. The Morgan fingerprint density at radius 3 is 2.94 bits per heavy atom. The molecule has 1 heterocycles. The molecule has 2 amide bonds. The molecule has 1 unspecified atom stereocenters. The highest BCUT2D eigenvalue weighted by atomic mass is 35.5. The number of anilines is 1. The number of carbonyl (C=O) groups excluding carboxylic acids is 1. The summed E-state index contributed by atoms with van der Waals surface area (Å²) >= 11 is 6.01. The van der Waals surface area contributed by atoms with Crippen molar-refractivity contribution in [1.82, 2.24) is 5.32 Å². The van der Waals surface area contributed by atoms with E-state index in [1.54, 1.807) is 12.1 Å². The van der Waals surface area contributed by atoms with Crippen molar-refractivity contribution < 1.29 is 14.7 Å². The van der Waals surface area contributed by atoms with Gasteiger partial charge in [0.1, 0.15) is 0 Å². The molecule has 2 rings (SSSR count). The Bertz CT molecular complexity index is 504. The molecular weight excluding hydrogens is 256 g/mol. The predicted molar refractivity (Wildman–Crippen MR) is 68.1 cm³/mol. The number of halogens is 1. The van der Waals surface area contributed by atoms with Gasteiger partial charge in [-0.2, -0.15) is 0 Å². The molecule has 1 aromatic carbocycles. The van der Waals surface area contributed by atoms with Gasteiger partial charge in [0.05, 0.1) is 12.5 Å². The molecule has 1 aliphatic heterocycles. The van der Waals surface area contributed by atoms with Crippen LogP contribution in [0.3, 0.4) is 0 Å². The summed E-state index contributed by atoms with van der Waals surface area (Å²) in [4.78, 5) is 23.9. The molecule has 1 aromatic rings. The van der Waals surface area contributed by atoms with Crippen LogP contribution in [-0.2, 0) is 4.79 Å². The molecule has 1 aliphatic rings. The number of carboxylic acids is 1. The normalized spacial score (nSPS) is 18.9. The number of rotatable bonds is 3. The van der Waals surface area contributed by atoms with Crippen LogP contribution in [0.25, 0.3) is 0 Å². The van der Waals surface area contributed by atoms with E-state index in [1.165, 1.54) is 4.90 Å². The van der Waals surface area contributed by atoms with Gasteiger partial charge in [0.15, 0.2) is 0 Å². The number of hydrogen-bond acceptors (Lipinski definition) is 2. The average molecular weight is 269 g/mol. The molecule has 1 saturated heterocycles. The highest BCUT2D eigenvalue weighted by Crippen LogP contribution is 2.25. The molecule has 5 nitrogen and oxygen atoms in total. The van der Waals surface area contributed by atoms with E-state index in [0.29, 0.717) is 17.3 Å². The molecule has 0 aliphatic carbocycles. The SMILES string of the molecule is Cc1ccc(N2CC(CC(=O)O)NC2=O)cc1Cl. The second-order valence-corrected chi connectivity index (χ2v) is 4.70. The molecule has 96 valence electrons. The molecule has 0 radical (unpaired) electrons. The lowest BCUT2D eigenvalue weighted by atomic mass is 10.2. The van der Waals surface area contributed by atoms with Crippen molar-refractivity contribution in [2.75, 3.05) is 11.4 Å². The lowest BCUT2D eigenvalue weighted by molar-refractivity contribution is -0.137. The Morgan fingerprint density at radius 2 is 2.33 bits per heavy atom. The van der Waals surface area contributed by atoms with Gasteiger partial charge in [-0.15, -0.1) is 0 Å². The van der Waals surface area contributed by atoms with Gasteiger partial charge >= 0.3 is 12.0 Å². The third-order valence-electron chi connectivity index (χ3n) is 2.86. The minimum absolute atomic E-state index is 0.0815. The first-order valence-electron chi connectivity index (χ1n) is 5.53. The van der Waals surface area contributed by atoms with Crippen molar-refractivity contribution in [3.63, 3.8) is 0 Å². The number of urea groups is 1. The minimum atomic E-state index is -0.927. The van der Waals surface area contributed by atoms with Crippen LogP contribution in [0.2, 0.25) is 5.02 Å². The van der Waals surface area contributed by atoms with E-state index >= 15 is 0 Å². The van der Waals surface area contributed by atoms with Crippen LogP contribution >= 0.6 is 11.6 Å². The third-order valence-corrected chi connectivity index (χ3v) is 3.27. The van der Waals surface area contributed by atoms with E-state index < -0.39 is 5.97 Å². The standard InChI is InChI=1S/C12H13ClN2O3/c1-7-2-3-9(5-10(7)13)15-6-8(4-11(16)17)14-12(15)18/h2-3,5,8H,4,6H2,1H3,(H,14,18)(H,16,17). The fourth-order valence-corrected chi connectivity index (χ4v) is 2.07. The molecule has 1 fully saturated rings. The largest absolute Gasteiger partial charge is 0.481 e. The van der Waals surface area contributed by atoms with Crippen LogP contribution in [0.15, 0.2) is 18.2 Å². The first-order chi connectivity index (χ1) is 8.47. The van der Waals surface area contributed by atoms with E-state index in [1.807, 2.05) is 13.0 Å². The number of nitrogens with one attached hydrogen (secondary N) is 1. The van der Waals surface area contributed by atoms with Crippen LogP contribution in [0.4, 0.5) is 10.5 Å². The Balaban J connectivity index is 2.16. The van der Waals surface area contributed by atoms with Crippen molar-refractivity contribution in [3.8, 4) is 0 Å². The maximum Gasteiger partial charge on any atom is 0.322 e. The van der Waals surface area contributed by atoms with Gasteiger partial charge in [0.2, 0.25) is 0 Å². The minimum Gasteiger partial charge on any atom is -0.481 e. The zero-order valence-corrected chi connectivity index (χ0v) is 10.6. The number of aryl methyl sites for hydroxylation is 1. The van der Waals surface area contributed by atoms with Crippen LogP contribution < -0.4 is 10.2 Å². The molecule has 18 heavy (non-hydrogen) atoms. The first kappa shape index (κ1) is 12.7. The van der Waals surface area contributed by atoms with E-state index in [0.717, 1.165) is 5.56 Å². The van der Waals surface area contributed by atoms with Crippen molar-refractivity contribution in [2.24, 2.45) is 0 Å². The number of aliphatic carboxylic acids is 1. The van der Waals surface area contributed by atoms with E-state index in [-0.39, 0.29) is 18.5 Å². The van der Waals surface area contributed by atoms with Crippen molar-refractivity contribution >= 4 is 29.3 Å². The van der Waals surface area contributed by atoms with Crippen LogP contribution in [0.1, 0.15) is 12.0 Å². The molecule has 0 aromatic heterocycles. The van der Waals surface area contributed by atoms with Gasteiger partial charge in [-0.1, -0.05) is 17.7 Å². The molecule has 1 atom stereocenters. The maximum absolute atomic E-state index is 11.7. The number of carbonyl (C=O) groups is 2. The van der Waals surface area contributed by atoms with Crippen LogP contribution in [-0.4, -0.2) is 29.7 Å². The smallest absolute Gasteiger partial charge is 0.322 e. The average Bonchev–Trinajstić information content (AvgIpc) is 2.62. The van der Waals surface area contributed by atoms with Gasteiger partial charge in [-0.25, -0.2) is 4.79 Å². The summed E-state index contributed by atoms with van der Waals surface area (Å²) in [6, 6.07) is 4.68. The Labute approximate surface area is 109 Å². The van der Waals surface area contributed by atoms with Gasteiger partial charge in [0, 0.05) is 17.3 Å². The summed E-state index contributed by atoms with van der Waals surface area (Å²) in [5.41, 5.74) is 1.61.